The topological polar surface area (TPSA) is 53.0 Å². The molecule has 0 radical (unpaired) electrons. The monoisotopic (exact) mass is 405 g/mol. The quantitative estimate of drug-likeness (QED) is 0.731. The first-order valence-corrected chi connectivity index (χ1v) is 10.8. The van der Waals surface area contributed by atoms with Crippen LogP contribution in [0, 0.1) is 0 Å². The van der Waals surface area contributed by atoms with Crippen molar-refractivity contribution in [1.82, 2.24) is 8.72 Å². The third kappa shape index (κ3) is 3.61. The van der Waals surface area contributed by atoms with Crippen molar-refractivity contribution in [3.05, 3.63) is 70.7 Å². The highest BCUT2D eigenvalue weighted by Gasteiger charge is 2.45. The maximum atomic E-state index is 13.1. The van der Waals surface area contributed by atoms with E-state index in [2.05, 4.69) is 5.10 Å². The fourth-order valence-corrected chi connectivity index (χ4v) is 5.09. The molecule has 7 heteroatoms. The van der Waals surface area contributed by atoms with Gasteiger partial charge in [-0.3, -0.25) is 0 Å². The van der Waals surface area contributed by atoms with Crippen molar-refractivity contribution in [1.29, 1.82) is 0 Å². The fourth-order valence-electron chi connectivity index (χ4n) is 3.44. The number of benzene rings is 2. The van der Waals surface area contributed by atoms with Crippen molar-refractivity contribution in [2.75, 3.05) is 19.6 Å². The molecule has 0 N–H and O–H groups in total. The van der Waals surface area contributed by atoms with Crippen LogP contribution in [-0.2, 0) is 15.6 Å². The summed E-state index contributed by atoms with van der Waals surface area (Å²) in [6, 6.07) is 17.3. The number of halogens is 1. The van der Waals surface area contributed by atoms with Gasteiger partial charge in [-0.2, -0.15) is 22.2 Å². The molecule has 0 fully saturated rings. The maximum absolute atomic E-state index is 13.1. The average molecular weight is 406 g/mol. The van der Waals surface area contributed by atoms with Gasteiger partial charge >= 0.3 is 10.2 Å². The number of rotatable bonds is 6. The molecule has 3 rings (SSSR count). The van der Waals surface area contributed by atoms with Crippen LogP contribution in [0.1, 0.15) is 31.9 Å². The molecule has 144 valence electrons. The zero-order valence-electron chi connectivity index (χ0n) is 15.8. The molecular weight excluding hydrogens is 382 g/mol. The van der Waals surface area contributed by atoms with Crippen LogP contribution in [0.25, 0.3) is 0 Å². The van der Waals surface area contributed by atoms with E-state index in [1.807, 2.05) is 63.2 Å². The maximum Gasteiger partial charge on any atom is 0.318 e. The van der Waals surface area contributed by atoms with E-state index in [1.54, 1.807) is 12.1 Å². The van der Waals surface area contributed by atoms with Crippen LogP contribution in [0.15, 0.2) is 59.7 Å². The van der Waals surface area contributed by atoms with E-state index in [-0.39, 0.29) is 6.54 Å². The highest BCUT2D eigenvalue weighted by molar-refractivity contribution is 7.86. The SMILES string of the molecule is CCN(CC)S(=O)(=O)N1CC(C)(c2ccccc2)C(c2ccc(Cl)cc2)=N1. The Morgan fingerprint density at radius 2 is 1.67 bits per heavy atom. The van der Waals surface area contributed by atoms with Crippen molar-refractivity contribution in [2.24, 2.45) is 5.10 Å². The number of hydrogen-bond acceptors (Lipinski definition) is 3. The largest absolute Gasteiger partial charge is 0.318 e. The van der Waals surface area contributed by atoms with Crippen LogP contribution in [0.5, 0.6) is 0 Å². The number of hydrogen-bond donors (Lipinski definition) is 0. The lowest BCUT2D eigenvalue weighted by Gasteiger charge is -2.29. The van der Waals surface area contributed by atoms with E-state index in [9.17, 15) is 8.42 Å². The van der Waals surface area contributed by atoms with E-state index in [4.69, 9.17) is 11.6 Å². The standard InChI is InChI=1S/C20H24ClN3O2S/c1-4-23(5-2)27(25,26)24-15-20(3,17-9-7-6-8-10-17)19(22-24)16-11-13-18(21)14-12-16/h6-14H,4-5,15H2,1-3H3. The molecule has 1 heterocycles. The van der Waals surface area contributed by atoms with Crippen molar-refractivity contribution < 1.29 is 8.42 Å². The highest BCUT2D eigenvalue weighted by Crippen LogP contribution is 2.36. The van der Waals surface area contributed by atoms with Crippen LogP contribution < -0.4 is 0 Å². The second-order valence-corrected chi connectivity index (χ2v) is 9.00. The summed E-state index contributed by atoms with van der Waals surface area (Å²) in [5.74, 6) is 0. The summed E-state index contributed by atoms with van der Waals surface area (Å²) >= 11 is 6.03. The van der Waals surface area contributed by atoms with Crippen LogP contribution in [0.2, 0.25) is 5.02 Å². The lowest BCUT2D eigenvalue weighted by Crippen LogP contribution is -2.43. The number of nitrogens with zero attached hydrogens (tertiary/aromatic N) is 3. The Labute approximate surface area is 166 Å². The summed E-state index contributed by atoms with van der Waals surface area (Å²) < 4.78 is 28.8. The third-order valence-corrected chi connectivity index (χ3v) is 7.18. The minimum absolute atomic E-state index is 0.258. The van der Waals surface area contributed by atoms with Gasteiger partial charge in [0.25, 0.3) is 0 Å². The Balaban J connectivity index is 2.12. The molecule has 2 aromatic carbocycles. The summed E-state index contributed by atoms with van der Waals surface area (Å²) in [5, 5.41) is 5.21. The average Bonchev–Trinajstić information content (AvgIpc) is 3.04. The molecule has 1 aliphatic heterocycles. The molecule has 0 aromatic heterocycles. The van der Waals surface area contributed by atoms with Crippen LogP contribution >= 0.6 is 11.6 Å². The molecule has 0 saturated carbocycles. The van der Waals surface area contributed by atoms with Crippen molar-refractivity contribution in [3.8, 4) is 0 Å². The predicted octanol–water partition coefficient (Wildman–Crippen LogP) is 3.90. The molecule has 1 aliphatic rings. The molecule has 0 spiro atoms. The lowest BCUT2D eigenvalue weighted by atomic mass is 9.76. The van der Waals surface area contributed by atoms with E-state index < -0.39 is 15.6 Å². The molecule has 1 unspecified atom stereocenters. The molecule has 0 saturated heterocycles. The first-order valence-electron chi connectivity index (χ1n) is 9.01. The Morgan fingerprint density at radius 3 is 2.22 bits per heavy atom. The van der Waals surface area contributed by atoms with E-state index in [1.165, 1.54) is 8.72 Å². The van der Waals surface area contributed by atoms with Crippen molar-refractivity contribution in [2.45, 2.75) is 26.2 Å². The van der Waals surface area contributed by atoms with Gasteiger partial charge in [0.15, 0.2) is 0 Å². The molecule has 2 aromatic rings. The van der Waals surface area contributed by atoms with Gasteiger partial charge in [-0.05, 0) is 30.2 Å². The molecule has 27 heavy (non-hydrogen) atoms. The van der Waals surface area contributed by atoms with E-state index in [0.29, 0.717) is 18.1 Å². The minimum Gasteiger partial charge on any atom is -0.187 e. The van der Waals surface area contributed by atoms with Gasteiger partial charge < -0.3 is 0 Å². The zero-order valence-corrected chi connectivity index (χ0v) is 17.3. The summed E-state index contributed by atoms with van der Waals surface area (Å²) in [6.45, 7) is 6.77. The minimum atomic E-state index is -3.68. The van der Waals surface area contributed by atoms with Gasteiger partial charge in [-0.15, -0.1) is 0 Å². The predicted molar refractivity (Wildman–Crippen MR) is 110 cm³/mol. The van der Waals surface area contributed by atoms with E-state index >= 15 is 0 Å². The Kier molecular flexibility index (Phi) is 5.60. The summed E-state index contributed by atoms with van der Waals surface area (Å²) in [7, 11) is -3.68. The van der Waals surface area contributed by atoms with E-state index in [0.717, 1.165) is 16.8 Å². The highest BCUT2D eigenvalue weighted by atomic mass is 35.5. The first kappa shape index (κ1) is 19.9. The number of hydrazone groups is 1. The third-order valence-electron chi connectivity index (χ3n) is 5.01. The van der Waals surface area contributed by atoms with Gasteiger partial charge in [-0.25, -0.2) is 0 Å². The lowest BCUT2D eigenvalue weighted by molar-refractivity contribution is 0.353. The molecular formula is C20H24ClN3O2S. The summed E-state index contributed by atoms with van der Waals surface area (Å²) in [4.78, 5) is 0. The fraction of sp³-hybridized carbons (Fsp3) is 0.350. The zero-order chi connectivity index (χ0) is 19.7. The molecule has 0 amide bonds. The summed E-state index contributed by atoms with van der Waals surface area (Å²) in [5.41, 5.74) is 2.05. The summed E-state index contributed by atoms with van der Waals surface area (Å²) in [6.07, 6.45) is 0. The van der Waals surface area contributed by atoms with Crippen LogP contribution in [0.3, 0.4) is 0 Å². The Hall–Kier alpha value is -1.89. The molecule has 0 aliphatic carbocycles. The second-order valence-electron chi connectivity index (χ2n) is 6.73. The molecule has 5 nitrogen and oxygen atoms in total. The van der Waals surface area contributed by atoms with Crippen molar-refractivity contribution in [3.63, 3.8) is 0 Å². The molecule has 1 atom stereocenters. The van der Waals surface area contributed by atoms with Gasteiger partial charge in [0.2, 0.25) is 0 Å². The van der Waals surface area contributed by atoms with Crippen LogP contribution in [-0.4, -0.2) is 42.5 Å². The second kappa shape index (κ2) is 7.62. The Bertz CT molecular complexity index is 925. The Morgan fingerprint density at radius 1 is 1.07 bits per heavy atom. The van der Waals surface area contributed by atoms with Gasteiger partial charge in [0.05, 0.1) is 17.7 Å². The van der Waals surface area contributed by atoms with Crippen molar-refractivity contribution >= 4 is 27.5 Å². The smallest absolute Gasteiger partial charge is 0.187 e. The van der Waals surface area contributed by atoms with Gasteiger partial charge in [0, 0.05) is 18.1 Å². The van der Waals surface area contributed by atoms with Gasteiger partial charge in [-0.1, -0.05) is 67.9 Å². The van der Waals surface area contributed by atoms with Crippen LogP contribution in [0.4, 0.5) is 0 Å². The normalized spacial score (nSPS) is 20.2. The first-order chi connectivity index (χ1) is 12.8. The van der Waals surface area contributed by atoms with Gasteiger partial charge in [0.1, 0.15) is 0 Å². The molecule has 0 bridgehead atoms.